The van der Waals surface area contributed by atoms with E-state index in [1.54, 1.807) is 23.1 Å². The first-order valence-corrected chi connectivity index (χ1v) is 7.11. The fourth-order valence-electron chi connectivity index (χ4n) is 2.19. The van der Waals surface area contributed by atoms with Crippen molar-refractivity contribution in [2.75, 3.05) is 6.54 Å². The molecule has 0 aliphatic rings. The number of hydrogen-bond donors (Lipinski definition) is 1. The summed E-state index contributed by atoms with van der Waals surface area (Å²) < 4.78 is 0. The normalized spacial score (nSPS) is 10.0. The molecule has 0 aliphatic heterocycles. The minimum atomic E-state index is -0.381. The number of carbonyl (C=O) groups is 1. The zero-order valence-corrected chi connectivity index (χ0v) is 12.4. The highest BCUT2D eigenvalue weighted by Crippen LogP contribution is 2.10. The summed E-state index contributed by atoms with van der Waals surface area (Å²) in [7, 11) is 0. The summed E-state index contributed by atoms with van der Waals surface area (Å²) in [5, 5.41) is 8.81. The predicted octanol–water partition coefficient (Wildman–Crippen LogP) is 2.30. The van der Waals surface area contributed by atoms with Crippen LogP contribution in [-0.2, 0) is 6.54 Å². The second-order valence-electron chi connectivity index (χ2n) is 4.95. The van der Waals surface area contributed by atoms with Crippen molar-refractivity contribution in [2.24, 2.45) is 0 Å². The maximum absolute atomic E-state index is 12.5. The molecule has 0 saturated heterocycles. The van der Waals surface area contributed by atoms with Crippen LogP contribution in [0.25, 0.3) is 0 Å². The Bertz CT molecular complexity index is 741. The Morgan fingerprint density at radius 2 is 2.00 bits per heavy atom. The number of nitriles is 1. The van der Waals surface area contributed by atoms with Crippen LogP contribution >= 0.6 is 0 Å². The van der Waals surface area contributed by atoms with Crippen LogP contribution in [0, 0.1) is 11.3 Å². The molecule has 0 bridgehead atoms. The van der Waals surface area contributed by atoms with Gasteiger partial charge in [-0.25, -0.2) is 0 Å². The average Bonchev–Trinajstić information content (AvgIpc) is 2.55. The zero-order valence-electron chi connectivity index (χ0n) is 12.4. The summed E-state index contributed by atoms with van der Waals surface area (Å²) in [5.74, 6) is -0.284. The van der Waals surface area contributed by atoms with E-state index in [0.717, 1.165) is 12.0 Å². The van der Waals surface area contributed by atoms with Gasteiger partial charge in [0.05, 0.1) is 11.6 Å². The summed E-state index contributed by atoms with van der Waals surface area (Å²) >= 11 is 0. The van der Waals surface area contributed by atoms with Crippen LogP contribution in [0.1, 0.15) is 34.8 Å². The number of nitrogens with zero attached hydrogens (tertiary/aromatic N) is 2. The highest BCUT2D eigenvalue weighted by atomic mass is 16.2. The van der Waals surface area contributed by atoms with Gasteiger partial charge in [-0.1, -0.05) is 19.1 Å². The Hall–Kier alpha value is -2.87. The quantitative estimate of drug-likeness (QED) is 0.919. The summed E-state index contributed by atoms with van der Waals surface area (Å²) in [5.41, 5.74) is 1.27. The van der Waals surface area contributed by atoms with Gasteiger partial charge in [0.25, 0.3) is 11.5 Å². The van der Waals surface area contributed by atoms with Crippen molar-refractivity contribution in [1.82, 2.24) is 9.88 Å². The lowest BCUT2D eigenvalue weighted by Crippen LogP contribution is -2.34. The van der Waals surface area contributed by atoms with Crippen molar-refractivity contribution in [3.63, 3.8) is 0 Å². The summed E-state index contributed by atoms with van der Waals surface area (Å²) in [6, 6.07) is 12.3. The molecule has 1 amide bonds. The maximum Gasteiger partial charge on any atom is 0.260 e. The van der Waals surface area contributed by atoms with Crippen LogP contribution in [0.4, 0.5) is 0 Å². The van der Waals surface area contributed by atoms with Crippen LogP contribution in [0.3, 0.4) is 0 Å². The smallest absolute Gasteiger partial charge is 0.260 e. The number of amides is 1. The second-order valence-corrected chi connectivity index (χ2v) is 4.95. The molecule has 2 rings (SSSR count). The number of pyridine rings is 1. The third-order valence-corrected chi connectivity index (χ3v) is 3.29. The molecule has 22 heavy (non-hydrogen) atoms. The Morgan fingerprint density at radius 3 is 2.59 bits per heavy atom. The number of rotatable bonds is 5. The standard InChI is InChI=1S/C17H17N3O2/c1-2-10-20(12-14-7-5-13(11-18)6-8-14)17(22)15-4-3-9-19-16(15)21/h3-9H,2,10,12H2,1H3,(H,19,21). The van der Waals surface area contributed by atoms with E-state index in [4.69, 9.17) is 5.26 Å². The van der Waals surface area contributed by atoms with E-state index in [1.165, 1.54) is 12.3 Å². The molecule has 0 atom stereocenters. The van der Waals surface area contributed by atoms with Crippen molar-refractivity contribution in [2.45, 2.75) is 19.9 Å². The van der Waals surface area contributed by atoms with E-state index in [-0.39, 0.29) is 17.0 Å². The zero-order chi connectivity index (χ0) is 15.9. The molecule has 2 aromatic rings. The molecule has 1 N–H and O–H groups in total. The van der Waals surface area contributed by atoms with Crippen LogP contribution in [-0.4, -0.2) is 22.3 Å². The van der Waals surface area contributed by atoms with Gasteiger partial charge in [-0.15, -0.1) is 0 Å². The SMILES string of the molecule is CCCN(Cc1ccc(C#N)cc1)C(=O)c1ccc[nH]c1=O. The van der Waals surface area contributed by atoms with E-state index in [2.05, 4.69) is 11.1 Å². The van der Waals surface area contributed by atoms with E-state index < -0.39 is 0 Å². The molecular weight excluding hydrogens is 278 g/mol. The largest absolute Gasteiger partial charge is 0.334 e. The minimum absolute atomic E-state index is 0.143. The summed E-state index contributed by atoms with van der Waals surface area (Å²) in [6.45, 7) is 2.95. The highest BCUT2D eigenvalue weighted by Gasteiger charge is 2.18. The number of H-pyrrole nitrogens is 1. The first-order valence-electron chi connectivity index (χ1n) is 7.11. The van der Waals surface area contributed by atoms with Gasteiger partial charge in [-0.3, -0.25) is 9.59 Å². The van der Waals surface area contributed by atoms with Gasteiger partial charge in [0.1, 0.15) is 5.56 Å². The van der Waals surface area contributed by atoms with Gasteiger partial charge < -0.3 is 9.88 Å². The molecule has 0 radical (unpaired) electrons. The van der Waals surface area contributed by atoms with Crippen molar-refractivity contribution in [3.05, 3.63) is 69.6 Å². The first-order chi connectivity index (χ1) is 10.7. The van der Waals surface area contributed by atoms with E-state index in [9.17, 15) is 9.59 Å². The number of aromatic amines is 1. The van der Waals surface area contributed by atoms with Crippen molar-refractivity contribution in [3.8, 4) is 6.07 Å². The topological polar surface area (TPSA) is 77.0 Å². The first kappa shape index (κ1) is 15.5. The lowest BCUT2D eigenvalue weighted by molar-refractivity contribution is 0.0741. The van der Waals surface area contributed by atoms with Crippen LogP contribution < -0.4 is 5.56 Å². The summed E-state index contributed by atoms with van der Waals surface area (Å²) in [6.07, 6.45) is 2.30. The lowest BCUT2D eigenvalue weighted by atomic mass is 10.1. The third-order valence-electron chi connectivity index (χ3n) is 3.29. The Morgan fingerprint density at radius 1 is 1.27 bits per heavy atom. The molecule has 0 saturated carbocycles. The highest BCUT2D eigenvalue weighted by molar-refractivity contribution is 5.93. The summed E-state index contributed by atoms with van der Waals surface area (Å²) in [4.78, 5) is 28.5. The number of hydrogen-bond acceptors (Lipinski definition) is 3. The van der Waals surface area contributed by atoms with E-state index in [0.29, 0.717) is 18.7 Å². The molecule has 1 aromatic carbocycles. The molecule has 112 valence electrons. The van der Waals surface area contributed by atoms with Gasteiger partial charge >= 0.3 is 0 Å². The molecule has 5 heteroatoms. The Kier molecular flexibility index (Phi) is 5.10. The number of benzene rings is 1. The number of aromatic nitrogens is 1. The molecule has 0 unspecified atom stereocenters. The second kappa shape index (κ2) is 7.23. The van der Waals surface area contributed by atoms with E-state index >= 15 is 0 Å². The molecule has 0 spiro atoms. The minimum Gasteiger partial charge on any atom is -0.334 e. The average molecular weight is 295 g/mol. The Labute approximate surface area is 128 Å². The van der Waals surface area contributed by atoms with Gasteiger partial charge in [-0.05, 0) is 36.2 Å². The third kappa shape index (κ3) is 3.61. The molecule has 1 heterocycles. The fourth-order valence-corrected chi connectivity index (χ4v) is 2.19. The predicted molar refractivity (Wildman–Crippen MR) is 83.3 cm³/mol. The lowest BCUT2D eigenvalue weighted by Gasteiger charge is -2.22. The molecular formula is C17H17N3O2. The number of nitrogens with one attached hydrogen (secondary N) is 1. The molecule has 5 nitrogen and oxygen atoms in total. The van der Waals surface area contributed by atoms with Gasteiger partial charge in [-0.2, -0.15) is 5.26 Å². The van der Waals surface area contributed by atoms with Crippen LogP contribution in [0.5, 0.6) is 0 Å². The maximum atomic E-state index is 12.5. The van der Waals surface area contributed by atoms with Crippen molar-refractivity contribution < 1.29 is 4.79 Å². The van der Waals surface area contributed by atoms with Gasteiger partial charge in [0.2, 0.25) is 0 Å². The van der Waals surface area contributed by atoms with Gasteiger partial charge in [0.15, 0.2) is 0 Å². The number of carbonyl (C=O) groups excluding carboxylic acids is 1. The van der Waals surface area contributed by atoms with E-state index in [1.807, 2.05) is 19.1 Å². The monoisotopic (exact) mass is 295 g/mol. The van der Waals surface area contributed by atoms with Crippen molar-refractivity contribution in [1.29, 1.82) is 5.26 Å². The Balaban J connectivity index is 2.22. The van der Waals surface area contributed by atoms with Crippen LogP contribution in [0.2, 0.25) is 0 Å². The van der Waals surface area contributed by atoms with Crippen LogP contribution in [0.15, 0.2) is 47.4 Å². The molecule has 0 fully saturated rings. The molecule has 0 aliphatic carbocycles. The fraction of sp³-hybridized carbons (Fsp3) is 0.235. The van der Waals surface area contributed by atoms with Crippen molar-refractivity contribution >= 4 is 5.91 Å². The molecule has 1 aromatic heterocycles. The van der Waals surface area contributed by atoms with Gasteiger partial charge in [0, 0.05) is 19.3 Å².